The van der Waals surface area contributed by atoms with Gasteiger partial charge in [0.25, 0.3) is 11.5 Å². The first-order valence-electron chi connectivity index (χ1n) is 11.4. The van der Waals surface area contributed by atoms with Crippen molar-refractivity contribution < 1.29 is 9.18 Å². The van der Waals surface area contributed by atoms with Gasteiger partial charge < -0.3 is 4.90 Å². The topological polar surface area (TPSA) is 78.4 Å². The third kappa shape index (κ3) is 4.48. The molecule has 1 aliphatic rings. The predicted molar refractivity (Wildman–Crippen MR) is 126 cm³/mol. The number of fused-ring (bicyclic) bond motifs is 1. The summed E-state index contributed by atoms with van der Waals surface area (Å²) >= 11 is 0. The van der Waals surface area contributed by atoms with Crippen LogP contribution in [0.5, 0.6) is 0 Å². The van der Waals surface area contributed by atoms with E-state index in [9.17, 15) is 18.8 Å². The number of hydrogen-bond donors (Lipinski definition) is 1. The van der Waals surface area contributed by atoms with Gasteiger partial charge in [0.15, 0.2) is 0 Å². The molecule has 1 aliphatic heterocycles. The molecule has 3 aromatic rings. The summed E-state index contributed by atoms with van der Waals surface area (Å²) in [5, 5.41) is 0.393. The molecule has 1 atom stereocenters. The van der Waals surface area contributed by atoms with Crippen LogP contribution in [-0.2, 0) is 6.54 Å². The minimum Gasteiger partial charge on any atom is -0.336 e. The number of nitrogens with one attached hydrogen (secondary N) is 1. The van der Waals surface area contributed by atoms with Crippen molar-refractivity contribution in [3.05, 3.63) is 80.2 Å². The van der Waals surface area contributed by atoms with Crippen LogP contribution in [-0.4, -0.2) is 57.0 Å². The molecule has 2 heterocycles. The molecule has 174 valence electrons. The van der Waals surface area contributed by atoms with Gasteiger partial charge in [-0.25, -0.2) is 9.18 Å². The molecule has 1 aromatic heterocycles. The van der Waals surface area contributed by atoms with Gasteiger partial charge in [0.1, 0.15) is 5.82 Å². The lowest BCUT2D eigenvalue weighted by Gasteiger charge is -2.43. The van der Waals surface area contributed by atoms with Crippen molar-refractivity contribution >= 4 is 16.8 Å². The van der Waals surface area contributed by atoms with E-state index in [1.807, 2.05) is 0 Å². The average Bonchev–Trinajstić information content (AvgIpc) is 2.81. The van der Waals surface area contributed by atoms with Crippen molar-refractivity contribution in [2.24, 2.45) is 0 Å². The highest BCUT2D eigenvalue weighted by atomic mass is 19.1. The van der Waals surface area contributed by atoms with Crippen LogP contribution < -0.4 is 11.2 Å². The zero-order chi connectivity index (χ0) is 23.7. The van der Waals surface area contributed by atoms with Crippen molar-refractivity contribution in [2.75, 3.05) is 19.6 Å². The van der Waals surface area contributed by atoms with Crippen LogP contribution in [0.25, 0.3) is 10.9 Å². The number of piperazine rings is 1. The van der Waals surface area contributed by atoms with Crippen molar-refractivity contribution in [1.29, 1.82) is 0 Å². The third-order valence-corrected chi connectivity index (χ3v) is 6.46. The highest BCUT2D eigenvalue weighted by Crippen LogP contribution is 2.20. The number of carbonyl (C=O) groups excluding carboxylic acids is 1. The fraction of sp³-hybridized carbons (Fsp3) is 0.400. The third-order valence-electron chi connectivity index (χ3n) is 6.46. The van der Waals surface area contributed by atoms with Gasteiger partial charge in [-0.15, -0.1) is 0 Å². The molecule has 0 radical (unpaired) electrons. The molecule has 0 saturated carbocycles. The summed E-state index contributed by atoms with van der Waals surface area (Å²) < 4.78 is 16.1. The van der Waals surface area contributed by atoms with E-state index in [1.54, 1.807) is 35.2 Å². The monoisotopic (exact) mass is 452 g/mol. The smallest absolute Gasteiger partial charge is 0.329 e. The molecule has 4 rings (SSSR count). The number of rotatable bonds is 5. The van der Waals surface area contributed by atoms with E-state index in [2.05, 4.69) is 30.7 Å². The number of nitrogens with zero attached hydrogens (tertiary/aromatic N) is 3. The Balaban J connectivity index is 1.63. The van der Waals surface area contributed by atoms with Crippen LogP contribution in [0, 0.1) is 5.82 Å². The second kappa shape index (κ2) is 9.31. The Bertz CT molecular complexity index is 1300. The molecular weight excluding hydrogens is 423 g/mol. The number of halogens is 1. The van der Waals surface area contributed by atoms with Crippen LogP contribution in [0.4, 0.5) is 4.39 Å². The minimum atomic E-state index is -0.582. The Hall–Kier alpha value is -3.26. The summed E-state index contributed by atoms with van der Waals surface area (Å²) in [7, 11) is 0. The molecule has 0 unspecified atom stereocenters. The molecule has 0 aliphatic carbocycles. The van der Waals surface area contributed by atoms with Crippen LogP contribution in [0.15, 0.2) is 52.1 Å². The number of benzene rings is 2. The highest BCUT2D eigenvalue weighted by Gasteiger charge is 2.31. The van der Waals surface area contributed by atoms with Gasteiger partial charge >= 0.3 is 5.69 Å². The normalized spacial score (nSPS) is 17.1. The summed E-state index contributed by atoms with van der Waals surface area (Å²) in [4.78, 5) is 44.3. The Morgan fingerprint density at radius 2 is 1.91 bits per heavy atom. The lowest BCUT2D eigenvalue weighted by molar-refractivity contribution is 0.0368. The number of hydrogen-bond acceptors (Lipinski definition) is 4. The van der Waals surface area contributed by atoms with Crippen LogP contribution in [0.3, 0.4) is 0 Å². The molecule has 33 heavy (non-hydrogen) atoms. The number of amides is 1. The summed E-state index contributed by atoms with van der Waals surface area (Å²) in [6.07, 6.45) is 0.909. The fourth-order valence-electron chi connectivity index (χ4n) is 4.68. The molecule has 0 bridgehead atoms. The fourth-order valence-corrected chi connectivity index (χ4v) is 4.68. The molecule has 0 spiro atoms. The largest absolute Gasteiger partial charge is 0.336 e. The van der Waals surface area contributed by atoms with Crippen molar-refractivity contribution in [2.45, 2.75) is 45.8 Å². The molecule has 1 fully saturated rings. The Morgan fingerprint density at radius 1 is 1.15 bits per heavy atom. The van der Waals surface area contributed by atoms with Crippen LogP contribution in [0.2, 0.25) is 0 Å². The van der Waals surface area contributed by atoms with E-state index >= 15 is 0 Å². The van der Waals surface area contributed by atoms with Gasteiger partial charge in [0.2, 0.25) is 0 Å². The number of aromatic nitrogens is 2. The predicted octanol–water partition coefficient (Wildman–Crippen LogP) is 2.82. The van der Waals surface area contributed by atoms with E-state index in [4.69, 9.17) is 0 Å². The van der Waals surface area contributed by atoms with E-state index in [0.29, 0.717) is 35.6 Å². The van der Waals surface area contributed by atoms with Gasteiger partial charge in [-0.2, -0.15) is 0 Å². The molecule has 2 aromatic carbocycles. The lowest BCUT2D eigenvalue weighted by Crippen LogP contribution is -2.56. The van der Waals surface area contributed by atoms with E-state index in [0.717, 1.165) is 13.0 Å². The Kier molecular flexibility index (Phi) is 6.47. The van der Waals surface area contributed by atoms with Gasteiger partial charge in [0.05, 0.1) is 23.0 Å². The summed E-state index contributed by atoms with van der Waals surface area (Å²) in [5.74, 6) is -0.920. The first kappa shape index (κ1) is 22.9. The SMILES string of the molecule is CC[C@@H]1CN(C(=O)c2cc(Cn3c(=O)[nH]c(=O)c4ccccc43)ccc2F)CCN1C(C)C. The maximum Gasteiger partial charge on any atom is 0.329 e. The molecule has 7 nitrogen and oxygen atoms in total. The minimum absolute atomic E-state index is 0.00197. The molecule has 1 amide bonds. The summed E-state index contributed by atoms with van der Waals surface area (Å²) in [6, 6.07) is 11.8. The van der Waals surface area contributed by atoms with Gasteiger partial charge in [-0.3, -0.25) is 24.0 Å². The second-order valence-corrected chi connectivity index (χ2v) is 8.82. The van der Waals surface area contributed by atoms with Gasteiger partial charge in [-0.1, -0.05) is 25.1 Å². The van der Waals surface area contributed by atoms with E-state index in [1.165, 1.54) is 16.7 Å². The first-order chi connectivity index (χ1) is 15.8. The molecule has 8 heteroatoms. The van der Waals surface area contributed by atoms with E-state index < -0.39 is 17.1 Å². The molecule has 1 saturated heterocycles. The standard InChI is InChI=1S/C25H29FN4O3/c1-4-18-15-28(11-12-29(18)16(2)3)24(32)20-13-17(9-10-21(20)26)14-30-22-8-6-5-7-19(22)23(31)27-25(30)33/h5-10,13,16,18H,4,11-12,14-15H2,1-3H3,(H,27,31,33)/t18-/m1/s1. The quantitative estimate of drug-likeness (QED) is 0.646. The van der Waals surface area contributed by atoms with Crippen molar-refractivity contribution in [1.82, 2.24) is 19.4 Å². The Morgan fingerprint density at radius 3 is 2.64 bits per heavy atom. The maximum atomic E-state index is 14.7. The van der Waals surface area contributed by atoms with Crippen molar-refractivity contribution in [3.63, 3.8) is 0 Å². The van der Waals surface area contributed by atoms with Crippen LogP contribution in [0.1, 0.15) is 43.1 Å². The first-order valence-corrected chi connectivity index (χ1v) is 11.4. The zero-order valence-corrected chi connectivity index (χ0v) is 19.2. The lowest BCUT2D eigenvalue weighted by atomic mass is 10.0. The maximum absolute atomic E-state index is 14.7. The number of carbonyl (C=O) groups is 1. The zero-order valence-electron chi connectivity index (χ0n) is 19.2. The average molecular weight is 453 g/mol. The van der Waals surface area contributed by atoms with E-state index in [-0.39, 0.29) is 24.1 Å². The summed E-state index contributed by atoms with van der Waals surface area (Å²) in [5.41, 5.74) is 0.0902. The van der Waals surface area contributed by atoms with Gasteiger partial charge in [0, 0.05) is 31.7 Å². The molecule has 1 N–H and O–H groups in total. The highest BCUT2D eigenvalue weighted by molar-refractivity contribution is 5.94. The number of H-pyrrole nitrogens is 1. The summed E-state index contributed by atoms with van der Waals surface area (Å²) in [6.45, 7) is 8.35. The Labute approximate surface area is 191 Å². The second-order valence-electron chi connectivity index (χ2n) is 8.82. The van der Waals surface area contributed by atoms with Crippen LogP contribution >= 0.6 is 0 Å². The molecular formula is C25H29FN4O3. The van der Waals surface area contributed by atoms with Gasteiger partial charge in [-0.05, 0) is 50.1 Å². The number of para-hydroxylation sites is 1. The van der Waals surface area contributed by atoms with Crippen molar-refractivity contribution in [3.8, 4) is 0 Å². The number of aromatic amines is 1.